The maximum absolute atomic E-state index is 12.1. The molecule has 1 amide bonds. The van der Waals surface area contributed by atoms with Crippen LogP contribution in [0.2, 0.25) is 0 Å². The highest BCUT2D eigenvalue weighted by atomic mass is 16.5. The van der Waals surface area contributed by atoms with E-state index in [9.17, 15) is 4.79 Å². The third-order valence-electron chi connectivity index (χ3n) is 2.82. The Hall–Kier alpha value is -1.97. The van der Waals surface area contributed by atoms with Crippen molar-refractivity contribution in [3.05, 3.63) is 29.5 Å². The van der Waals surface area contributed by atoms with E-state index in [1.165, 1.54) is 0 Å². The first-order valence-corrected chi connectivity index (χ1v) is 5.43. The highest BCUT2D eigenvalue weighted by Gasteiger charge is 2.18. The van der Waals surface area contributed by atoms with Crippen LogP contribution in [-0.2, 0) is 0 Å². The average Bonchev–Trinajstić information content (AvgIpc) is 2.63. The summed E-state index contributed by atoms with van der Waals surface area (Å²) < 4.78 is 5.28. The van der Waals surface area contributed by atoms with E-state index in [0.29, 0.717) is 5.56 Å². The molecule has 4 heteroatoms. The van der Waals surface area contributed by atoms with Crippen molar-refractivity contribution >= 4 is 16.8 Å². The topological polar surface area (TPSA) is 45.3 Å². The summed E-state index contributed by atoms with van der Waals surface area (Å²) in [5.41, 5.74) is 2.45. The number of carbonyl (C=O) groups excluding carboxylic acids is 1. The number of hydrogen-bond acceptors (Lipinski definition) is 2. The molecule has 0 atom stereocenters. The minimum atomic E-state index is 0.00185. The Morgan fingerprint density at radius 2 is 2.06 bits per heavy atom. The first-order valence-electron chi connectivity index (χ1n) is 5.43. The van der Waals surface area contributed by atoms with Crippen LogP contribution >= 0.6 is 0 Å². The molecule has 0 saturated carbocycles. The molecule has 1 aromatic heterocycles. The van der Waals surface area contributed by atoms with E-state index in [1.807, 2.05) is 25.1 Å². The number of carbonyl (C=O) groups is 1. The largest absolute Gasteiger partial charge is 0.495 e. The second kappa shape index (κ2) is 4.13. The van der Waals surface area contributed by atoms with E-state index >= 15 is 0 Å². The average molecular weight is 232 g/mol. The van der Waals surface area contributed by atoms with Crippen molar-refractivity contribution in [1.82, 2.24) is 9.88 Å². The number of H-pyrrole nitrogens is 1. The standard InChI is InChI=1S/C13H16N2O2/c1-8-11(13(16)15(2)3)9-6-5-7-10(17-4)12(9)14-8/h5-7,14H,1-4H3. The lowest BCUT2D eigenvalue weighted by Gasteiger charge is -2.10. The van der Waals surface area contributed by atoms with Crippen LogP contribution in [0.25, 0.3) is 10.9 Å². The maximum Gasteiger partial charge on any atom is 0.255 e. The Morgan fingerprint density at radius 3 is 2.65 bits per heavy atom. The summed E-state index contributed by atoms with van der Waals surface area (Å²) in [7, 11) is 5.12. The zero-order valence-corrected chi connectivity index (χ0v) is 10.5. The van der Waals surface area contributed by atoms with Gasteiger partial charge >= 0.3 is 0 Å². The molecule has 0 bridgehead atoms. The quantitative estimate of drug-likeness (QED) is 0.862. The molecule has 1 N–H and O–H groups in total. The fourth-order valence-electron chi connectivity index (χ4n) is 1.99. The minimum Gasteiger partial charge on any atom is -0.495 e. The monoisotopic (exact) mass is 232 g/mol. The summed E-state index contributed by atoms with van der Waals surface area (Å²) in [6, 6.07) is 5.70. The predicted molar refractivity (Wildman–Crippen MR) is 67.6 cm³/mol. The van der Waals surface area contributed by atoms with Crippen molar-refractivity contribution < 1.29 is 9.53 Å². The Bertz CT molecular complexity index is 570. The number of hydrogen-bond donors (Lipinski definition) is 1. The molecule has 17 heavy (non-hydrogen) atoms. The number of rotatable bonds is 2. The second-order valence-corrected chi connectivity index (χ2v) is 4.21. The maximum atomic E-state index is 12.1. The highest BCUT2D eigenvalue weighted by Crippen LogP contribution is 2.29. The molecule has 0 radical (unpaired) electrons. The van der Waals surface area contributed by atoms with Crippen molar-refractivity contribution in [2.75, 3.05) is 21.2 Å². The van der Waals surface area contributed by atoms with E-state index in [4.69, 9.17) is 4.74 Å². The van der Waals surface area contributed by atoms with Gasteiger partial charge in [-0.2, -0.15) is 0 Å². The van der Waals surface area contributed by atoms with Gasteiger partial charge in [0.25, 0.3) is 5.91 Å². The summed E-state index contributed by atoms with van der Waals surface area (Å²) in [4.78, 5) is 16.9. The second-order valence-electron chi connectivity index (χ2n) is 4.21. The van der Waals surface area contributed by atoms with Crippen LogP contribution in [0.15, 0.2) is 18.2 Å². The van der Waals surface area contributed by atoms with Gasteiger partial charge in [0, 0.05) is 25.2 Å². The SMILES string of the molecule is COc1cccc2c(C(=O)N(C)C)c(C)[nH]c12. The number of aromatic amines is 1. The van der Waals surface area contributed by atoms with Crippen LogP contribution in [0, 0.1) is 6.92 Å². The molecule has 0 fully saturated rings. The van der Waals surface area contributed by atoms with Crippen LogP contribution in [-0.4, -0.2) is 37.0 Å². The molecule has 4 nitrogen and oxygen atoms in total. The zero-order chi connectivity index (χ0) is 12.6. The molecule has 0 spiro atoms. The van der Waals surface area contributed by atoms with Gasteiger partial charge < -0.3 is 14.6 Å². The summed E-state index contributed by atoms with van der Waals surface area (Å²) in [5, 5.41) is 0.903. The van der Waals surface area contributed by atoms with Crippen molar-refractivity contribution in [3.63, 3.8) is 0 Å². The van der Waals surface area contributed by atoms with E-state index in [1.54, 1.807) is 26.1 Å². The molecule has 1 aromatic carbocycles. The molecule has 0 aliphatic heterocycles. The number of aryl methyl sites for hydroxylation is 1. The zero-order valence-electron chi connectivity index (χ0n) is 10.5. The number of fused-ring (bicyclic) bond motifs is 1. The van der Waals surface area contributed by atoms with Gasteiger partial charge in [0.05, 0.1) is 18.2 Å². The van der Waals surface area contributed by atoms with Gasteiger partial charge in [-0.05, 0) is 13.0 Å². The molecule has 2 aromatic rings. The van der Waals surface area contributed by atoms with Gasteiger partial charge in [-0.25, -0.2) is 0 Å². The van der Waals surface area contributed by atoms with Crippen molar-refractivity contribution in [2.24, 2.45) is 0 Å². The Kier molecular flexibility index (Phi) is 2.79. The van der Waals surface area contributed by atoms with Gasteiger partial charge in [-0.15, -0.1) is 0 Å². The Balaban J connectivity index is 2.72. The number of ether oxygens (including phenoxy) is 1. The normalized spacial score (nSPS) is 10.6. The minimum absolute atomic E-state index is 0.00185. The summed E-state index contributed by atoms with van der Waals surface area (Å²) >= 11 is 0. The van der Waals surface area contributed by atoms with Crippen molar-refractivity contribution in [1.29, 1.82) is 0 Å². The Labute approximate surface area is 100 Å². The van der Waals surface area contributed by atoms with Crippen LogP contribution in [0.4, 0.5) is 0 Å². The molecular weight excluding hydrogens is 216 g/mol. The smallest absolute Gasteiger partial charge is 0.255 e. The number of methoxy groups -OCH3 is 1. The van der Waals surface area contributed by atoms with E-state index in [0.717, 1.165) is 22.3 Å². The molecule has 0 unspecified atom stereocenters. The molecular formula is C13H16N2O2. The van der Waals surface area contributed by atoms with Gasteiger partial charge in [0.2, 0.25) is 0 Å². The molecule has 0 aliphatic carbocycles. The van der Waals surface area contributed by atoms with E-state index in [2.05, 4.69) is 4.98 Å². The van der Waals surface area contributed by atoms with Crippen LogP contribution in [0.5, 0.6) is 5.75 Å². The number of aromatic nitrogens is 1. The van der Waals surface area contributed by atoms with Crippen molar-refractivity contribution in [3.8, 4) is 5.75 Å². The molecule has 0 saturated heterocycles. The fraction of sp³-hybridized carbons (Fsp3) is 0.308. The van der Waals surface area contributed by atoms with Gasteiger partial charge in [-0.3, -0.25) is 4.79 Å². The van der Waals surface area contributed by atoms with E-state index < -0.39 is 0 Å². The molecule has 0 aliphatic rings. The third kappa shape index (κ3) is 1.75. The number of nitrogens with zero attached hydrogens (tertiary/aromatic N) is 1. The number of para-hydroxylation sites is 1. The highest BCUT2D eigenvalue weighted by molar-refractivity contribution is 6.09. The number of benzene rings is 1. The lowest BCUT2D eigenvalue weighted by Crippen LogP contribution is -2.22. The molecule has 2 rings (SSSR count). The molecule has 1 heterocycles. The summed E-state index contributed by atoms with van der Waals surface area (Å²) in [6.07, 6.45) is 0. The van der Waals surface area contributed by atoms with Crippen molar-refractivity contribution in [2.45, 2.75) is 6.92 Å². The van der Waals surface area contributed by atoms with Gasteiger partial charge in [0.1, 0.15) is 5.75 Å². The number of amides is 1. The third-order valence-corrected chi connectivity index (χ3v) is 2.82. The predicted octanol–water partition coefficient (Wildman–Crippen LogP) is 2.19. The lowest BCUT2D eigenvalue weighted by molar-refractivity contribution is 0.0829. The number of nitrogens with one attached hydrogen (secondary N) is 1. The summed E-state index contributed by atoms with van der Waals surface area (Å²) in [5.74, 6) is 0.755. The van der Waals surface area contributed by atoms with Crippen LogP contribution in [0.3, 0.4) is 0 Å². The van der Waals surface area contributed by atoms with Gasteiger partial charge in [0.15, 0.2) is 0 Å². The van der Waals surface area contributed by atoms with E-state index in [-0.39, 0.29) is 5.91 Å². The first-order chi connectivity index (χ1) is 8.06. The van der Waals surface area contributed by atoms with Crippen LogP contribution < -0.4 is 4.74 Å². The Morgan fingerprint density at radius 1 is 1.35 bits per heavy atom. The molecule has 90 valence electrons. The van der Waals surface area contributed by atoms with Gasteiger partial charge in [-0.1, -0.05) is 12.1 Å². The summed E-state index contributed by atoms with van der Waals surface area (Å²) in [6.45, 7) is 1.90. The first kappa shape index (κ1) is 11.5. The van der Waals surface area contributed by atoms with Crippen LogP contribution in [0.1, 0.15) is 16.1 Å². The fourth-order valence-corrected chi connectivity index (χ4v) is 1.99. The lowest BCUT2D eigenvalue weighted by atomic mass is 10.1.